The summed E-state index contributed by atoms with van der Waals surface area (Å²) in [5.41, 5.74) is 3.38. The Morgan fingerprint density at radius 2 is 1.94 bits per heavy atom. The average molecular weight is 239 g/mol. The van der Waals surface area contributed by atoms with Crippen molar-refractivity contribution in [2.24, 2.45) is 5.84 Å². The van der Waals surface area contributed by atoms with Crippen LogP contribution in [-0.4, -0.2) is 27.7 Å². The van der Waals surface area contributed by atoms with Gasteiger partial charge >= 0.3 is 0 Å². The van der Waals surface area contributed by atoms with Crippen LogP contribution in [0.5, 0.6) is 0 Å². The molecule has 1 unspecified atom stereocenters. The second-order valence-electron chi connectivity index (χ2n) is 4.06. The van der Waals surface area contributed by atoms with Crippen LogP contribution in [-0.2, 0) is 0 Å². The summed E-state index contributed by atoms with van der Waals surface area (Å²) in [6.07, 6.45) is 1.38. The first-order valence-electron chi connectivity index (χ1n) is 5.82. The molecule has 96 valence electrons. The predicted octanol–water partition coefficient (Wildman–Crippen LogP) is 0.952. The molecule has 1 aromatic heterocycles. The molecular formula is C11H21N5O. The van der Waals surface area contributed by atoms with Crippen LogP contribution in [0, 0.1) is 13.8 Å². The van der Waals surface area contributed by atoms with Gasteiger partial charge in [0.1, 0.15) is 17.5 Å². The summed E-state index contributed by atoms with van der Waals surface area (Å²) in [4.78, 5) is 8.45. The number of nitrogen functional groups attached to an aromatic ring is 1. The Morgan fingerprint density at radius 3 is 2.53 bits per heavy atom. The van der Waals surface area contributed by atoms with E-state index in [-0.39, 0.29) is 6.10 Å². The number of hydrazine groups is 1. The van der Waals surface area contributed by atoms with Crippen LogP contribution >= 0.6 is 0 Å². The van der Waals surface area contributed by atoms with Gasteiger partial charge in [-0.2, -0.15) is 0 Å². The van der Waals surface area contributed by atoms with Crippen LogP contribution in [0.25, 0.3) is 0 Å². The van der Waals surface area contributed by atoms with Crippen LogP contribution in [0.15, 0.2) is 0 Å². The van der Waals surface area contributed by atoms with Gasteiger partial charge in [0.25, 0.3) is 0 Å². The maximum Gasteiger partial charge on any atom is 0.148 e. The second-order valence-corrected chi connectivity index (χ2v) is 4.06. The van der Waals surface area contributed by atoms with E-state index in [1.807, 2.05) is 13.8 Å². The zero-order valence-corrected chi connectivity index (χ0v) is 10.6. The highest BCUT2D eigenvalue weighted by Crippen LogP contribution is 2.18. The van der Waals surface area contributed by atoms with E-state index >= 15 is 0 Å². The van der Waals surface area contributed by atoms with E-state index in [0.29, 0.717) is 24.0 Å². The molecule has 0 aliphatic rings. The Morgan fingerprint density at radius 1 is 1.29 bits per heavy atom. The molecule has 0 bridgehead atoms. The van der Waals surface area contributed by atoms with Gasteiger partial charge in [0, 0.05) is 12.1 Å². The predicted molar refractivity (Wildman–Crippen MR) is 68.7 cm³/mol. The largest absolute Gasteiger partial charge is 0.391 e. The first kappa shape index (κ1) is 13.7. The number of hydrogen-bond acceptors (Lipinski definition) is 6. The van der Waals surface area contributed by atoms with Gasteiger partial charge in [0.15, 0.2) is 0 Å². The molecule has 1 heterocycles. The summed E-state index contributed by atoms with van der Waals surface area (Å²) in [6, 6.07) is 0. The van der Waals surface area contributed by atoms with Crippen molar-refractivity contribution in [2.45, 2.75) is 39.7 Å². The molecule has 1 atom stereocenters. The summed E-state index contributed by atoms with van der Waals surface area (Å²) in [6.45, 7) is 6.20. The maximum atomic E-state index is 9.65. The molecular weight excluding hydrogens is 218 g/mol. The fraction of sp³-hybridized carbons (Fsp3) is 0.636. The number of rotatable bonds is 6. The Labute approximate surface area is 102 Å². The smallest absolute Gasteiger partial charge is 0.148 e. The van der Waals surface area contributed by atoms with Gasteiger partial charge in [-0.25, -0.2) is 15.8 Å². The number of nitrogens with zero attached hydrogens (tertiary/aromatic N) is 2. The van der Waals surface area contributed by atoms with Gasteiger partial charge in [0.05, 0.1) is 6.10 Å². The third kappa shape index (κ3) is 3.83. The summed E-state index contributed by atoms with van der Waals surface area (Å²) in [5, 5.41) is 12.8. The van der Waals surface area contributed by atoms with Gasteiger partial charge in [0.2, 0.25) is 0 Å². The highest BCUT2D eigenvalue weighted by molar-refractivity contribution is 5.56. The van der Waals surface area contributed by atoms with Crippen LogP contribution in [0.3, 0.4) is 0 Å². The molecule has 0 aliphatic heterocycles. The lowest BCUT2D eigenvalue weighted by molar-refractivity contribution is 0.176. The fourth-order valence-electron chi connectivity index (χ4n) is 1.59. The highest BCUT2D eigenvalue weighted by Gasteiger charge is 2.09. The van der Waals surface area contributed by atoms with Crippen LogP contribution in [0.4, 0.5) is 11.6 Å². The quantitative estimate of drug-likeness (QED) is 0.436. The van der Waals surface area contributed by atoms with E-state index < -0.39 is 0 Å². The molecule has 0 saturated carbocycles. The van der Waals surface area contributed by atoms with Crippen molar-refractivity contribution in [1.29, 1.82) is 0 Å². The second kappa shape index (κ2) is 6.36. The van der Waals surface area contributed by atoms with Crippen LogP contribution in [0.2, 0.25) is 0 Å². The molecule has 17 heavy (non-hydrogen) atoms. The third-order valence-corrected chi connectivity index (χ3v) is 2.52. The van der Waals surface area contributed by atoms with E-state index in [9.17, 15) is 5.11 Å². The SMILES string of the molecule is CCCC(O)CNc1nc(C)nc(NN)c1C. The molecule has 0 spiro atoms. The van der Waals surface area contributed by atoms with Crippen molar-refractivity contribution in [2.75, 3.05) is 17.3 Å². The molecule has 0 amide bonds. The molecule has 1 aromatic rings. The fourth-order valence-corrected chi connectivity index (χ4v) is 1.59. The molecule has 0 aliphatic carbocycles. The average Bonchev–Trinajstić information content (AvgIpc) is 2.30. The van der Waals surface area contributed by atoms with Crippen molar-refractivity contribution in [3.05, 3.63) is 11.4 Å². The number of aliphatic hydroxyl groups is 1. The Hall–Kier alpha value is -1.40. The normalized spacial score (nSPS) is 12.3. The van der Waals surface area contributed by atoms with Crippen molar-refractivity contribution in [3.63, 3.8) is 0 Å². The summed E-state index contributed by atoms with van der Waals surface area (Å²) in [5.74, 6) is 7.32. The molecule has 5 N–H and O–H groups in total. The summed E-state index contributed by atoms with van der Waals surface area (Å²) >= 11 is 0. The van der Waals surface area contributed by atoms with E-state index in [1.54, 1.807) is 6.92 Å². The minimum Gasteiger partial charge on any atom is -0.391 e. The zero-order chi connectivity index (χ0) is 12.8. The van der Waals surface area contributed by atoms with E-state index in [2.05, 4.69) is 20.7 Å². The number of aryl methyl sites for hydroxylation is 1. The van der Waals surface area contributed by atoms with Gasteiger partial charge in [-0.15, -0.1) is 0 Å². The lowest BCUT2D eigenvalue weighted by atomic mass is 10.2. The van der Waals surface area contributed by atoms with Crippen LogP contribution < -0.4 is 16.6 Å². The molecule has 6 heteroatoms. The van der Waals surface area contributed by atoms with Gasteiger partial charge in [-0.3, -0.25) is 0 Å². The molecule has 0 aromatic carbocycles. The molecule has 0 radical (unpaired) electrons. The lowest BCUT2D eigenvalue weighted by Gasteiger charge is -2.15. The minimum absolute atomic E-state index is 0.357. The van der Waals surface area contributed by atoms with Crippen molar-refractivity contribution in [3.8, 4) is 0 Å². The Kier molecular flexibility index (Phi) is 5.11. The first-order chi connectivity index (χ1) is 8.08. The number of nitrogens with two attached hydrogens (primary N) is 1. The molecule has 1 rings (SSSR count). The maximum absolute atomic E-state index is 9.65. The number of anilines is 2. The van der Waals surface area contributed by atoms with E-state index in [0.717, 1.165) is 18.4 Å². The van der Waals surface area contributed by atoms with Gasteiger partial charge in [-0.1, -0.05) is 13.3 Å². The number of nitrogens with one attached hydrogen (secondary N) is 2. The van der Waals surface area contributed by atoms with E-state index in [1.165, 1.54) is 0 Å². The van der Waals surface area contributed by atoms with Gasteiger partial charge < -0.3 is 15.8 Å². The Balaban J connectivity index is 2.73. The molecule has 6 nitrogen and oxygen atoms in total. The zero-order valence-electron chi connectivity index (χ0n) is 10.6. The van der Waals surface area contributed by atoms with Crippen molar-refractivity contribution in [1.82, 2.24) is 9.97 Å². The standard InChI is InChI=1S/C11H21N5O/c1-4-5-9(17)6-13-10-7(2)11(16-12)15-8(3)14-10/h9,17H,4-6,12H2,1-3H3,(H2,13,14,15,16). The van der Waals surface area contributed by atoms with Crippen molar-refractivity contribution < 1.29 is 5.11 Å². The number of aromatic nitrogens is 2. The minimum atomic E-state index is -0.357. The molecule has 0 saturated heterocycles. The monoisotopic (exact) mass is 239 g/mol. The summed E-state index contributed by atoms with van der Waals surface area (Å²) < 4.78 is 0. The first-order valence-corrected chi connectivity index (χ1v) is 5.82. The van der Waals surface area contributed by atoms with Gasteiger partial charge in [-0.05, 0) is 20.3 Å². The lowest BCUT2D eigenvalue weighted by Crippen LogP contribution is -2.21. The third-order valence-electron chi connectivity index (χ3n) is 2.52. The highest BCUT2D eigenvalue weighted by atomic mass is 16.3. The summed E-state index contributed by atoms with van der Waals surface area (Å²) in [7, 11) is 0. The number of aliphatic hydroxyl groups excluding tert-OH is 1. The number of hydrogen-bond donors (Lipinski definition) is 4. The Bertz CT molecular complexity index is 369. The topological polar surface area (TPSA) is 96.1 Å². The van der Waals surface area contributed by atoms with Crippen LogP contribution in [0.1, 0.15) is 31.2 Å². The van der Waals surface area contributed by atoms with E-state index in [4.69, 9.17) is 5.84 Å². The molecule has 0 fully saturated rings. The van der Waals surface area contributed by atoms with Crippen molar-refractivity contribution >= 4 is 11.6 Å².